The van der Waals surface area contributed by atoms with Gasteiger partial charge in [-0.3, -0.25) is 4.79 Å². The van der Waals surface area contributed by atoms with E-state index in [1.807, 2.05) is 6.92 Å². The van der Waals surface area contributed by atoms with E-state index >= 15 is 0 Å². The number of methoxy groups -OCH3 is 1. The summed E-state index contributed by atoms with van der Waals surface area (Å²) in [5.41, 5.74) is 0.688. The fourth-order valence-corrected chi connectivity index (χ4v) is 3.76. The molecule has 114 valence electrons. The van der Waals surface area contributed by atoms with Crippen LogP contribution in [0.2, 0.25) is 0 Å². The highest BCUT2D eigenvalue weighted by molar-refractivity contribution is 5.95. The van der Waals surface area contributed by atoms with E-state index in [4.69, 9.17) is 9.47 Å². The smallest absolute Gasteiger partial charge is 0.251 e. The Kier molecular flexibility index (Phi) is 3.79. The summed E-state index contributed by atoms with van der Waals surface area (Å²) in [6.07, 6.45) is 5.90. The summed E-state index contributed by atoms with van der Waals surface area (Å²) >= 11 is 0. The number of carbonyl (C=O) groups is 1. The van der Waals surface area contributed by atoms with Gasteiger partial charge in [0.05, 0.1) is 13.7 Å². The van der Waals surface area contributed by atoms with Crippen LogP contribution >= 0.6 is 0 Å². The molecule has 2 aliphatic rings. The lowest BCUT2D eigenvalue weighted by Crippen LogP contribution is -2.44. The van der Waals surface area contributed by atoms with Crippen LogP contribution in [0, 0.1) is 5.92 Å². The minimum Gasteiger partial charge on any atom is -0.493 e. The molecule has 0 aliphatic heterocycles. The van der Waals surface area contributed by atoms with Gasteiger partial charge in [-0.1, -0.05) is 0 Å². The summed E-state index contributed by atoms with van der Waals surface area (Å²) < 4.78 is 10.8. The largest absolute Gasteiger partial charge is 0.493 e. The van der Waals surface area contributed by atoms with Crippen LogP contribution in [-0.4, -0.2) is 25.2 Å². The third-order valence-electron chi connectivity index (χ3n) is 4.85. The minimum absolute atomic E-state index is 0.00102. The molecule has 3 rings (SSSR count). The molecule has 1 aromatic rings. The number of rotatable bonds is 5. The molecule has 0 heterocycles. The number of fused-ring (bicyclic) bond motifs is 2. The fourth-order valence-electron chi connectivity index (χ4n) is 3.76. The van der Waals surface area contributed by atoms with Crippen molar-refractivity contribution < 1.29 is 14.3 Å². The molecule has 2 aliphatic carbocycles. The van der Waals surface area contributed by atoms with E-state index in [2.05, 4.69) is 5.32 Å². The van der Waals surface area contributed by atoms with Crippen molar-refractivity contribution in [3.63, 3.8) is 0 Å². The molecular formula is C17H23NO3. The van der Waals surface area contributed by atoms with E-state index in [1.165, 1.54) is 12.8 Å². The van der Waals surface area contributed by atoms with E-state index in [-0.39, 0.29) is 11.4 Å². The van der Waals surface area contributed by atoms with Gasteiger partial charge in [0, 0.05) is 11.1 Å². The molecular weight excluding hydrogens is 266 g/mol. The highest BCUT2D eigenvalue weighted by Crippen LogP contribution is 2.47. The molecule has 0 spiro atoms. The summed E-state index contributed by atoms with van der Waals surface area (Å²) in [6.45, 7) is 2.50. The number of ether oxygens (including phenoxy) is 2. The summed E-state index contributed by atoms with van der Waals surface area (Å²) in [6, 6.07) is 5.38. The van der Waals surface area contributed by atoms with Crippen molar-refractivity contribution in [2.24, 2.45) is 5.92 Å². The predicted molar refractivity (Wildman–Crippen MR) is 80.9 cm³/mol. The Morgan fingerprint density at radius 1 is 1.33 bits per heavy atom. The van der Waals surface area contributed by atoms with Crippen LogP contribution in [0.25, 0.3) is 0 Å². The zero-order chi connectivity index (χ0) is 14.9. The first-order valence-corrected chi connectivity index (χ1v) is 7.79. The molecule has 4 nitrogen and oxygen atoms in total. The van der Waals surface area contributed by atoms with E-state index in [0.717, 1.165) is 25.2 Å². The molecule has 0 unspecified atom stereocenters. The Hall–Kier alpha value is -1.71. The van der Waals surface area contributed by atoms with E-state index < -0.39 is 0 Å². The van der Waals surface area contributed by atoms with Crippen LogP contribution in [0.5, 0.6) is 11.5 Å². The normalized spacial score (nSPS) is 26.7. The third kappa shape index (κ3) is 2.71. The Morgan fingerprint density at radius 3 is 2.67 bits per heavy atom. The molecule has 0 atom stereocenters. The lowest BCUT2D eigenvalue weighted by Gasteiger charge is -2.28. The first-order chi connectivity index (χ1) is 10.2. The zero-order valence-electron chi connectivity index (χ0n) is 12.8. The van der Waals surface area contributed by atoms with E-state index in [9.17, 15) is 4.79 Å². The third-order valence-corrected chi connectivity index (χ3v) is 4.85. The van der Waals surface area contributed by atoms with Crippen LogP contribution in [0.1, 0.15) is 49.4 Å². The first kappa shape index (κ1) is 14.2. The van der Waals surface area contributed by atoms with Gasteiger partial charge in [-0.25, -0.2) is 0 Å². The highest BCUT2D eigenvalue weighted by atomic mass is 16.5. The number of nitrogens with one attached hydrogen (secondary N) is 1. The summed E-state index contributed by atoms with van der Waals surface area (Å²) in [5, 5.41) is 3.27. The Morgan fingerprint density at radius 2 is 2.10 bits per heavy atom. The second-order valence-corrected chi connectivity index (χ2v) is 6.18. The van der Waals surface area contributed by atoms with Crippen molar-refractivity contribution in [1.82, 2.24) is 5.32 Å². The maximum absolute atomic E-state index is 12.5. The molecule has 2 fully saturated rings. The number of carbonyl (C=O) groups excluding carboxylic acids is 1. The second-order valence-electron chi connectivity index (χ2n) is 6.18. The lowest BCUT2D eigenvalue weighted by molar-refractivity contribution is 0.0900. The molecule has 4 heteroatoms. The van der Waals surface area contributed by atoms with Gasteiger partial charge >= 0.3 is 0 Å². The fraction of sp³-hybridized carbons (Fsp3) is 0.588. The molecule has 0 aromatic heterocycles. The molecule has 0 radical (unpaired) electrons. The molecule has 1 aromatic carbocycles. The summed E-state index contributed by atoms with van der Waals surface area (Å²) in [5.74, 6) is 2.10. The van der Waals surface area contributed by atoms with Crippen molar-refractivity contribution in [2.45, 2.75) is 44.6 Å². The Bertz CT molecular complexity index is 533. The van der Waals surface area contributed by atoms with Crippen LogP contribution < -0.4 is 14.8 Å². The molecule has 1 amide bonds. The van der Waals surface area contributed by atoms with Gasteiger partial charge in [-0.05, 0) is 63.1 Å². The van der Waals surface area contributed by atoms with Gasteiger partial charge in [-0.15, -0.1) is 0 Å². The monoisotopic (exact) mass is 289 g/mol. The van der Waals surface area contributed by atoms with Crippen LogP contribution in [0.15, 0.2) is 18.2 Å². The second kappa shape index (κ2) is 5.58. The maximum atomic E-state index is 12.5. The van der Waals surface area contributed by atoms with Gasteiger partial charge in [0.25, 0.3) is 5.91 Å². The van der Waals surface area contributed by atoms with Crippen LogP contribution in [-0.2, 0) is 0 Å². The predicted octanol–water partition coefficient (Wildman–Crippen LogP) is 3.16. The summed E-state index contributed by atoms with van der Waals surface area (Å²) in [4.78, 5) is 12.5. The summed E-state index contributed by atoms with van der Waals surface area (Å²) in [7, 11) is 1.59. The first-order valence-electron chi connectivity index (χ1n) is 7.79. The quantitative estimate of drug-likeness (QED) is 0.905. The number of hydrogen-bond donors (Lipinski definition) is 1. The molecule has 2 saturated carbocycles. The molecule has 0 saturated heterocycles. The molecule has 21 heavy (non-hydrogen) atoms. The van der Waals surface area contributed by atoms with E-state index in [0.29, 0.717) is 23.7 Å². The average molecular weight is 289 g/mol. The SMILES string of the molecule is CCOc1ccc(C(=O)NC23CCC(CC2)C3)cc1OC. The van der Waals surface area contributed by atoms with E-state index in [1.54, 1.807) is 25.3 Å². The number of hydrogen-bond acceptors (Lipinski definition) is 3. The molecule has 2 bridgehead atoms. The zero-order valence-corrected chi connectivity index (χ0v) is 12.8. The minimum atomic E-state index is -0.00102. The van der Waals surface area contributed by atoms with Crippen molar-refractivity contribution >= 4 is 5.91 Å². The van der Waals surface area contributed by atoms with Gasteiger partial charge in [0.15, 0.2) is 11.5 Å². The van der Waals surface area contributed by atoms with Gasteiger partial charge < -0.3 is 14.8 Å². The van der Waals surface area contributed by atoms with Crippen molar-refractivity contribution in [2.75, 3.05) is 13.7 Å². The molecule has 1 N–H and O–H groups in total. The van der Waals surface area contributed by atoms with Crippen LogP contribution in [0.4, 0.5) is 0 Å². The van der Waals surface area contributed by atoms with Gasteiger partial charge in [0.2, 0.25) is 0 Å². The maximum Gasteiger partial charge on any atom is 0.251 e. The van der Waals surface area contributed by atoms with Crippen molar-refractivity contribution in [1.29, 1.82) is 0 Å². The lowest BCUT2D eigenvalue weighted by atomic mass is 9.93. The van der Waals surface area contributed by atoms with Crippen LogP contribution in [0.3, 0.4) is 0 Å². The standard InChI is InChI=1S/C17H23NO3/c1-3-21-14-5-4-13(10-15(14)20-2)16(19)18-17-8-6-12(11-17)7-9-17/h4-5,10,12H,3,6-9,11H2,1-2H3,(H,18,19). The van der Waals surface area contributed by atoms with Gasteiger partial charge in [0.1, 0.15) is 0 Å². The van der Waals surface area contributed by atoms with Crippen molar-refractivity contribution in [3.8, 4) is 11.5 Å². The average Bonchev–Trinajstić information content (AvgIpc) is 3.08. The Labute approximate surface area is 125 Å². The topological polar surface area (TPSA) is 47.6 Å². The number of amides is 1. The highest BCUT2D eigenvalue weighted by Gasteiger charge is 2.45. The van der Waals surface area contributed by atoms with Gasteiger partial charge in [-0.2, -0.15) is 0 Å². The number of benzene rings is 1. The Balaban J connectivity index is 1.75. The van der Waals surface area contributed by atoms with Crippen molar-refractivity contribution in [3.05, 3.63) is 23.8 Å².